The van der Waals surface area contributed by atoms with Crippen LogP contribution in [0.15, 0.2) is 67.0 Å². The smallest absolute Gasteiger partial charge is 0.234 e. The van der Waals surface area contributed by atoms with Gasteiger partial charge < -0.3 is 19.0 Å². The molecule has 0 saturated heterocycles. The average Bonchev–Trinajstić information content (AvgIpc) is 2.63. The number of benzene rings is 2. The van der Waals surface area contributed by atoms with Crippen LogP contribution >= 0.6 is 0 Å². The minimum Gasteiger partial charge on any atom is -0.502 e. The molecule has 0 spiro atoms. The molecule has 0 aliphatic heterocycles. The van der Waals surface area contributed by atoms with Crippen LogP contribution in [0.4, 0.5) is 0 Å². The standard InChI is InChI=1S/C19H12O6/c20-16-10-5-1-3-7-12(10)24-14(18(16)22)9-15-19(23)17(21)11-6-2-4-8-13(11)25-15/h1-8,22-23H,9H2. The van der Waals surface area contributed by atoms with Gasteiger partial charge in [0.05, 0.1) is 17.2 Å². The summed E-state index contributed by atoms with van der Waals surface area (Å²) in [5.41, 5.74) is -0.579. The molecule has 25 heavy (non-hydrogen) atoms. The summed E-state index contributed by atoms with van der Waals surface area (Å²) in [6.07, 6.45) is -0.238. The van der Waals surface area contributed by atoms with Crippen LogP contribution in [0, 0.1) is 0 Å². The van der Waals surface area contributed by atoms with Crippen molar-refractivity contribution in [3.05, 3.63) is 80.5 Å². The summed E-state index contributed by atoms with van der Waals surface area (Å²) < 4.78 is 11.1. The third-order valence-corrected chi connectivity index (χ3v) is 4.01. The van der Waals surface area contributed by atoms with Gasteiger partial charge >= 0.3 is 0 Å². The first-order chi connectivity index (χ1) is 12.1. The Balaban J connectivity index is 1.91. The zero-order valence-electron chi connectivity index (χ0n) is 12.9. The third-order valence-electron chi connectivity index (χ3n) is 4.01. The summed E-state index contributed by atoms with van der Waals surface area (Å²) in [7, 11) is 0. The fraction of sp³-hybridized carbons (Fsp3) is 0.0526. The summed E-state index contributed by atoms with van der Waals surface area (Å²) in [5.74, 6) is -1.32. The Morgan fingerprint density at radius 2 is 1.08 bits per heavy atom. The lowest BCUT2D eigenvalue weighted by molar-refractivity contribution is 0.393. The Morgan fingerprint density at radius 3 is 1.52 bits per heavy atom. The van der Waals surface area contributed by atoms with E-state index in [9.17, 15) is 19.8 Å². The van der Waals surface area contributed by atoms with Crippen molar-refractivity contribution in [1.29, 1.82) is 0 Å². The van der Waals surface area contributed by atoms with Crippen molar-refractivity contribution >= 4 is 21.9 Å². The lowest BCUT2D eigenvalue weighted by Gasteiger charge is -2.07. The molecule has 0 radical (unpaired) electrons. The fourth-order valence-electron chi connectivity index (χ4n) is 2.74. The second kappa shape index (κ2) is 5.52. The summed E-state index contributed by atoms with van der Waals surface area (Å²) >= 11 is 0. The van der Waals surface area contributed by atoms with E-state index in [1.807, 2.05) is 0 Å². The highest BCUT2D eigenvalue weighted by atomic mass is 16.4. The van der Waals surface area contributed by atoms with E-state index in [2.05, 4.69) is 0 Å². The number of hydrogen-bond acceptors (Lipinski definition) is 6. The molecule has 0 aliphatic carbocycles. The third kappa shape index (κ3) is 2.35. The molecular formula is C19H12O6. The van der Waals surface area contributed by atoms with Crippen LogP contribution in [0.5, 0.6) is 11.5 Å². The van der Waals surface area contributed by atoms with Crippen LogP contribution in [-0.4, -0.2) is 10.2 Å². The Kier molecular flexibility index (Phi) is 3.32. The van der Waals surface area contributed by atoms with Gasteiger partial charge in [-0.05, 0) is 24.3 Å². The topological polar surface area (TPSA) is 101 Å². The van der Waals surface area contributed by atoms with Gasteiger partial charge in [-0.25, -0.2) is 0 Å². The monoisotopic (exact) mass is 336 g/mol. The highest BCUT2D eigenvalue weighted by Gasteiger charge is 2.19. The fourth-order valence-corrected chi connectivity index (χ4v) is 2.74. The summed E-state index contributed by atoms with van der Waals surface area (Å²) in [5, 5.41) is 20.7. The van der Waals surface area contributed by atoms with E-state index in [4.69, 9.17) is 8.83 Å². The highest BCUT2D eigenvalue weighted by Crippen LogP contribution is 2.27. The maximum absolute atomic E-state index is 12.2. The van der Waals surface area contributed by atoms with Crippen LogP contribution in [0.25, 0.3) is 21.9 Å². The van der Waals surface area contributed by atoms with E-state index >= 15 is 0 Å². The van der Waals surface area contributed by atoms with E-state index in [1.54, 1.807) is 36.4 Å². The number of aromatic hydroxyl groups is 2. The van der Waals surface area contributed by atoms with Gasteiger partial charge in [0.25, 0.3) is 0 Å². The number of fused-ring (bicyclic) bond motifs is 2. The van der Waals surface area contributed by atoms with Crippen LogP contribution in [0.1, 0.15) is 11.5 Å². The predicted octanol–water partition coefficient (Wildman–Crippen LogP) is 2.90. The minimum absolute atomic E-state index is 0.0857. The average molecular weight is 336 g/mol. The van der Waals surface area contributed by atoms with Crippen molar-refractivity contribution in [3.8, 4) is 11.5 Å². The molecule has 0 atom stereocenters. The molecule has 0 aliphatic rings. The maximum Gasteiger partial charge on any atom is 0.234 e. The van der Waals surface area contributed by atoms with E-state index in [1.165, 1.54) is 12.1 Å². The molecule has 2 aromatic heterocycles. The van der Waals surface area contributed by atoms with Crippen LogP contribution < -0.4 is 10.9 Å². The van der Waals surface area contributed by atoms with Gasteiger partial charge in [0.2, 0.25) is 22.4 Å². The number of rotatable bonds is 2. The van der Waals surface area contributed by atoms with Crippen molar-refractivity contribution in [2.75, 3.05) is 0 Å². The van der Waals surface area contributed by atoms with Gasteiger partial charge in [0.1, 0.15) is 11.2 Å². The first-order valence-electron chi connectivity index (χ1n) is 7.53. The van der Waals surface area contributed by atoms with Crippen molar-refractivity contribution in [3.63, 3.8) is 0 Å². The molecule has 4 rings (SSSR count). The zero-order chi connectivity index (χ0) is 17.6. The Bertz CT molecular complexity index is 1140. The Morgan fingerprint density at radius 1 is 0.680 bits per heavy atom. The molecular weight excluding hydrogens is 324 g/mol. The lowest BCUT2D eigenvalue weighted by atomic mass is 10.1. The minimum atomic E-state index is -0.584. The SMILES string of the molecule is O=c1c(O)c(Cc2oc3ccccc3c(=O)c2O)oc2ccccc12. The van der Waals surface area contributed by atoms with Gasteiger partial charge in [-0.15, -0.1) is 0 Å². The lowest BCUT2D eigenvalue weighted by Crippen LogP contribution is -2.07. The molecule has 2 aromatic carbocycles. The van der Waals surface area contributed by atoms with E-state index in [0.29, 0.717) is 11.2 Å². The molecule has 2 N–H and O–H groups in total. The van der Waals surface area contributed by atoms with Crippen LogP contribution in [0.2, 0.25) is 0 Å². The van der Waals surface area contributed by atoms with Crippen molar-refractivity contribution in [2.24, 2.45) is 0 Å². The van der Waals surface area contributed by atoms with E-state index < -0.39 is 22.4 Å². The second-order valence-corrected chi connectivity index (χ2v) is 5.58. The maximum atomic E-state index is 12.2. The zero-order valence-corrected chi connectivity index (χ0v) is 12.9. The predicted molar refractivity (Wildman–Crippen MR) is 91.1 cm³/mol. The van der Waals surface area contributed by atoms with Crippen LogP contribution in [-0.2, 0) is 6.42 Å². The summed E-state index contributed by atoms with van der Waals surface area (Å²) in [4.78, 5) is 24.5. The van der Waals surface area contributed by atoms with Crippen molar-refractivity contribution in [1.82, 2.24) is 0 Å². The molecule has 0 fully saturated rings. The number of para-hydroxylation sites is 2. The molecule has 4 aromatic rings. The second-order valence-electron chi connectivity index (χ2n) is 5.58. The molecule has 0 saturated carbocycles. The molecule has 0 amide bonds. The molecule has 6 nitrogen and oxygen atoms in total. The van der Waals surface area contributed by atoms with Crippen molar-refractivity contribution in [2.45, 2.75) is 6.42 Å². The quantitative estimate of drug-likeness (QED) is 0.584. The molecule has 124 valence electrons. The van der Waals surface area contributed by atoms with E-state index in [-0.39, 0.29) is 28.7 Å². The van der Waals surface area contributed by atoms with Gasteiger partial charge in [-0.1, -0.05) is 24.3 Å². The van der Waals surface area contributed by atoms with Crippen molar-refractivity contribution < 1.29 is 19.0 Å². The largest absolute Gasteiger partial charge is 0.502 e. The molecule has 6 heteroatoms. The summed E-state index contributed by atoms with van der Waals surface area (Å²) in [6, 6.07) is 13.0. The molecule has 2 heterocycles. The highest BCUT2D eigenvalue weighted by molar-refractivity contribution is 5.79. The van der Waals surface area contributed by atoms with Crippen LogP contribution in [0.3, 0.4) is 0 Å². The van der Waals surface area contributed by atoms with E-state index in [0.717, 1.165) is 0 Å². The first-order valence-corrected chi connectivity index (χ1v) is 7.53. The summed E-state index contributed by atoms with van der Waals surface area (Å²) in [6.45, 7) is 0. The van der Waals surface area contributed by atoms with Gasteiger partial charge in [0, 0.05) is 0 Å². The molecule has 0 bridgehead atoms. The Labute approximate surface area is 140 Å². The molecule has 0 unspecified atom stereocenters. The van der Waals surface area contributed by atoms with Gasteiger partial charge in [0.15, 0.2) is 11.5 Å². The number of hydrogen-bond donors (Lipinski definition) is 2. The Hall–Kier alpha value is -3.54. The van der Waals surface area contributed by atoms with Gasteiger partial charge in [-0.2, -0.15) is 0 Å². The first kappa shape index (κ1) is 15.0. The normalized spacial score (nSPS) is 11.2. The van der Waals surface area contributed by atoms with Gasteiger partial charge in [-0.3, -0.25) is 9.59 Å².